The van der Waals surface area contributed by atoms with E-state index >= 15 is 0 Å². The topological polar surface area (TPSA) is 87.7 Å². The molecule has 4 rings (SSSR count). The molecular weight excluding hydrogens is 622 g/mol. The number of aldehydes is 1. The standard InChI is InChI=1S/C40H55N5O3.C2H6/c1-9-14-15-23-48-24-22-45-34(17-11-3)36(29(12-4)16-10-2)32-21-19-30(26-35(32)45)38(47)43-40(6,13-5)39-41-33-25-28(27-46)18-20-31(33)37(42-39)44(7)8;1-2/h11,14-15,18-21,25-27,29,34,36H,3,9-10,12-13,16-17,22-24H2,1-2,4-8H3,(H,43,47);1-2H3/b15-14+;. The quantitative estimate of drug-likeness (QED) is 0.0813. The molecule has 0 bridgehead atoms. The van der Waals surface area contributed by atoms with Crippen LogP contribution in [-0.2, 0) is 10.3 Å². The summed E-state index contributed by atoms with van der Waals surface area (Å²) in [6.45, 7) is 20.7. The van der Waals surface area contributed by atoms with Crippen molar-refractivity contribution in [2.75, 3.05) is 43.7 Å². The molecule has 2 aromatic carbocycles. The Morgan fingerprint density at radius 2 is 1.86 bits per heavy atom. The molecule has 1 aliphatic heterocycles. The van der Waals surface area contributed by atoms with E-state index in [-0.39, 0.29) is 11.9 Å². The number of anilines is 2. The first-order valence-electron chi connectivity index (χ1n) is 18.7. The number of carbonyl (C=O) groups is 2. The molecule has 1 aliphatic rings. The molecule has 4 unspecified atom stereocenters. The van der Waals surface area contributed by atoms with E-state index < -0.39 is 5.54 Å². The molecule has 0 aliphatic carbocycles. The minimum atomic E-state index is -0.853. The van der Waals surface area contributed by atoms with Gasteiger partial charge in [-0.25, -0.2) is 9.97 Å². The highest BCUT2D eigenvalue weighted by atomic mass is 16.5. The zero-order valence-electron chi connectivity index (χ0n) is 32.1. The summed E-state index contributed by atoms with van der Waals surface area (Å²) in [6.07, 6.45) is 12.9. The SMILES string of the molecule is C=CCC1C(C(CC)CCC)c2ccc(C(=O)NC(C)(CC)c3nc(N(C)C)c4ccc(C=O)cc4n3)cc2N1CCOC/C=C/CC.CC. The number of nitrogens with one attached hydrogen (secondary N) is 1. The van der Waals surface area contributed by atoms with Gasteiger partial charge in [-0.1, -0.05) is 91.2 Å². The minimum Gasteiger partial charge on any atom is -0.376 e. The van der Waals surface area contributed by atoms with Crippen LogP contribution in [0.25, 0.3) is 10.9 Å². The summed E-state index contributed by atoms with van der Waals surface area (Å²) < 4.78 is 6.02. The Labute approximate surface area is 301 Å². The highest BCUT2D eigenvalue weighted by Gasteiger charge is 2.41. The van der Waals surface area contributed by atoms with E-state index in [1.165, 1.54) is 5.56 Å². The zero-order valence-corrected chi connectivity index (χ0v) is 32.1. The van der Waals surface area contributed by atoms with E-state index in [9.17, 15) is 9.59 Å². The Kier molecular flexibility index (Phi) is 15.7. The summed E-state index contributed by atoms with van der Waals surface area (Å²) in [6, 6.07) is 11.9. The average Bonchev–Trinajstić information content (AvgIpc) is 3.43. The lowest BCUT2D eigenvalue weighted by atomic mass is 9.78. The van der Waals surface area contributed by atoms with Gasteiger partial charge >= 0.3 is 0 Å². The van der Waals surface area contributed by atoms with Gasteiger partial charge in [-0.05, 0) is 61.9 Å². The molecule has 1 N–H and O–H groups in total. The smallest absolute Gasteiger partial charge is 0.252 e. The third kappa shape index (κ3) is 9.19. The lowest BCUT2D eigenvalue weighted by Gasteiger charge is -2.33. The molecule has 50 heavy (non-hydrogen) atoms. The van der Waals surface area contributed by atoms with Gasteiger partial charge in [0.15, 0.2) is 5.82 Å². The average molecular weight is 684 g/mol. The molecule has 0 radical (unpaired) electrons. The van der Waals surface area contributed by atoms with Crippen LogP contribution in [0.5, 0.6) is 0 Å². The summed E-state index contributed by atoms with van der Waals surface area (Å²) in [5.74, 6) is 1.96. The zero-order chi connectivity index (χ0) is 36.8. The van der Waals surface area contributed by atoms with E-state index in [0.717, 1.165) is 61.8 Å². The van der Waals surface area contributed by atoms with Crippen molar-refractivity contribution < 1.29 is 14.3 Å². The van der Waals surface area contributed by atoms with Gasteiger partial charge in [0, 0.05) is 54.8 Å². The summed E-state index contributed by atoms with van der Waals surface area (Å²) in [5, 5.41) is 4.14. The maximum atomic E-state index is 14.1. The number of allylic oxidation sites excluding steroid dienone is 1. The number of hydrogen-bond donors (Lipinski definition) is 1. The van der Waals surface area contributed by atoms with Gasteiger partial charge in [0.1, 0.15) is 12.1 Å². The fraction of sp³-hybridized carbons (Fsp3) is 0.524. The summed E-state index contributed by atoms with van der Waals surface area (Å²) in [7, 11) is 3.86. The molecule has 1 aromatic heterocycles. The maximum absolute atomic E-state index is 14.1. The molecule has 3 aromatic rings. The Morgan fingerprint density at radius 1 is 1.10 bits per heavy atom. The molecular formula is C42H61N5O3. The van der Waals surface area contributed by atoms with Crippen LogP contribution in [0.3, 0.4) is 0 Å². The van der Waals surface area contributed by atoms with Gasteiger partial charge in [-0.3, -0.25) is 9.59 Å². The largest absolute Gasteiger partial charge is 0.376 e. The lowest BCUT2D eigenvalue weighted by molar-refractivity contribution is 0.0897. The van der Waals surface area contributed by atoms with Gasteiger partial charge in [0.05, 0.1) is 24.3 Å². The van der Waals surface area contributed by atoms with E-state index in [4.69, 9.17) is 14.7 Å². The predicted molar refractivity (Wildman–Crippen MR) is 210 cm³/mol. The monoisotopic (exact) mass is 683 g/mol. The van der Waals surface area contributed by atoms with E-state index in [0.29, 0.717) is 53.9 Å². The molecule has 8 heteroatoms. The fourth-order valence-corrected chi connectivity index (χ4v) is 7.07. The number of aromatic nitrogens is 2. The Hall–Kier alpha value is -4.04. The van der Waals surface area contributed by atoms with Gasteiger partial charge in [-0.2, -0.15) is 0 Å². The normalized spacial score (nSPS) is 17.1. The van der Waals surface area contributed by atoms with Crippen molar-refractivity contribution in [1.82, 2.24) is 15.3 Å². The van der Waals surface area contributed by atoms with Crippen molar-refractivity contribution in [2.24, 2.45) is 5.92 Å². The third-order valence-corrected chi connectivity index (χ3v) is 9.82. The van der Waals surface area contributed by atoms with Gasteiger partial charge in [0.2, 0.25) is 0 Å². The Balaban J connectivity index is 0.00000332. The first-order chi connectivity index (χ1) is 24.2. The summed E-state index contributed by atoms with van der Waals surface area (Å²) in [5.41, 5.74) is 3.37. The van der Waals surface area contributed by atoms with E-state index in [2.05, 4.69) is 61.9 Å². The first kappa shape index (κ1) is 40.4. The van der Waals surface area contributed by atoms with Crippen molar-refractivity contribution in [1.29, 1.82) is 0 Å². The molecule has 0 spiro atoms. The van der Waals surface area contributed by atoms with Gasteiger partial charge in [-0.15, -0.1) is 6.58 Å². The van der Waals surface area contributed by atoms with Gasteiger partial charge in [0.25, 0.3) is 5.91 Å². The highest BCUT2D eigenvalue weighted by molar-refractivity contribution is 5.97. The van der Waals surface area contributed by atoms with Crippen LogP contribution in [0.4, 0.5) is 11.5 Å². The van der Waals surface area contributed by atoms with Crippen molar-refractivity contribution in [3.63, 3.8) is 0 Å². The molecule has 8 nitrogen and oxygen atoms in total. The second-order valence-electron chi connectivity index (χ2n) is 13.3. The van der Waals surface area contributed by atoms with Gasteiger partial charge < -0.3 is 19.9 Å². The number of benzene rings is 2. The molecule has 0 saturated carbocycles. The van der Waals surface area contributed by atoms with Crippen LogP contribution >= 0.6 is 0 Å². The minimum absolute atomic E-state index is 0.177. The van der Waals surface area contributed by atoms with Crippen LogP contribution in [0.1, 0.15) is 125 Å². The van der Waals surface area contributed by atoms with Crippen molar-refractivity contribution in [2.45, 2.75) is 104 Å². The molecule has 0 saturated heterocycles. The molecule has 1 amide bonds. The summed E-state index contributed by atoms with van der Waals surface area (Å²) in [4.78, 5) is 39.9. The second kappa shape index (κ2) is 19.4. The third-order valence-electron chi connectivity index (χ3n) is 9.82. The number of carbonyl (C=O) groups excluding carboxylic acids is 2. The van der Waals surface area contributed by atoms with E-state index in [1.807, 2.05) is 64.9 Å². The van der Waals surface area contributed by atoms with Crippen LogP contribution in [0.15, 0.2) is 61.2 Å². The maximum Gasteiger partial charge on any atom is 0.252 e. The molecule has 4 atom stereocenters. The van der Waals surface area contributed by atoms with Crippen LogP contribution in [0, 0.1) is 5.92 Å². The molecule has 2 heterocycles. The molecule has 0 fully saturated rings. The van der Waals surface area contributed by atoms with Crippen LogP contribution < -0.4 is 15.1 Å². The number of amides is 1. The van der Waals surface area contributed by atoms with Crippen LogP contribution in [0.2, 0.25) is 0 Å². The number of rotatable bonds is 18. The summed E-state index contributed by atoms with van der Waals surface area (Å²) >= 11 is 0. The van der Waals surface area contributed by atoms with Crippen molar-refractivity contribution in [3.05, 3.63) is 83.7 Å². The number of ether oxygens (including phenoxy) is 1. The second-order valence-corrected chi connectivity index (χ2v) is 13.3. The number of hydrogen-bond acceptors (Lipinski definition) is 7. The van der Waals surface area contributed by atoms with Crippen molar-refractivity contribution in [3.8, 4) is 0 Å². The number of fused-ring (bicyclic) bond motifs is 2. The first-order valence-corrected chi connectivity index (χ1v) is 18.7. The Bertz CT molecular complexity index is 1600. The lowest BCUT2D eigenvalue weighted by Crippen LogP contribution is -2.44. The van der Waals surface area contributed by atoms with Crippen LogP contribution in [-0.4, -0.2) is 62.1 Å². The molecule has 272 valence electrons. The number of nitrogens with zero attached hydrogens (tertiary/aromatic N) is 4. The van der Waals surface area contributed by atoms with Crippen molar-refractivity contribution >= 4 is 34.6 Å². The van der Waals surface area contributed by atoms with E-state index in [1.54, 1.807) is 12.1 Å². The highest BCUT2D eigenvalue weighted by Crippen LogP contribution is 2.48. The predicted octanol–water partition coefficient (Wildman–Crippen LogP) is 9.25. The Morgan fingerprint density at radius 3 is 2.48 bits per heavy atom. The fourth-order valence-electron chi connectivity index (χ4n) is 7.07.